The number of carbonyl (C=O) groups is 2. The molecule has 3 N–H and O–H groups in total. The molecule has 1 heterocycles. The number of benzene rings is 1. The number of nitrogen functional groups attached to an aromatic ring is 1. The van der Waals surface area contributed by atoms with E-state index in [0.29, 0.717) is 18.5 Å². The average Bonchev–Trinajstić information content (AvgIpc) is 2.89. The standard InChI is InChI=1S/C13H16N2O4/c1-19-13(18)10-3-2-6-15(10)12(17)8-4-5-9(14)11(16)7-8/h4-5,7,10,16H,2-3,6,14H2,1H3. The van der Waals surface area contributed by atoms with Gasteiger partial charge in [0, 0.05) is 12.1 Å². The molecule has 0 bridgehead atoms. The minimum atomic E-state index is -0.544. The second-order valence-electron chi connectivity index (χ2n) is 4.45. The van der Waals surface area contributed by atoms with Crippen molar-refractivity contribution in [2.24, 2.45) is 0 Å². The molecule has 1 atom stereocenters. The maximum Gasteiger partial charge on any atom is 0.328 e. The highest BCUT2D eigenvalue weighted by atomic mass is 16.5. The molecule has 1 aromatic carbocycles. The average molecular weight is 264 g/mol. The van der Waals surface area contributed by atoms with Crippen molar-refractivity contribution in [3.63, 3.8) is 0 Å². The number of anilines is 1. The van der Waals surface area contributed by atoms with Gasteiger partial charge in [0.2, 0.25) is 0 Å². The summed E-state index contributed by atoms with van der Waals surface area (Å²) in [7, 11) is 1.30. The lowest BCUT2D eigenvalue weighted by atomic mass is 10.1. The first-order valence-electron chi connectivity index (χ1n) is 6.02. The fraction of sp³-hybridized carbons (Fsp3) is 0.385. The molecule has 102 valence electrons. The van der Waals surface area contributed by atoms with Gasteiger partial charge >= 0.3 is 5.97 Å². The minimum Gasteiger partial charge on any atom is -0.506 e. The van der Waals surface area contributed by atoms with Crippen LogP contribution in [0.5, 0.6) is 5.75 Å². The number of nitrogens with zero attached hydrogens (tertiary/aromatic N) is 1. The first kappa shape index (κ1) is 13.2. The summed E-state index contributed by atoms with van der Waals surface area (Å²) in [5.74, 6) is -0.853. The molecule has 0 aliphatic carbocycles. The summed E-state index contributed by atoms with van der Waals surface area (Å²) in [6.07, 6.45) is 1.35. The number of amides is 1. The molecule has 1 saturated heterocycles. The van der Waals surface area contributed by atoms with E-state index < -0.39 is 12.0 Å². The molecule has 0 spiro atoms. The Morgan fingerprint density at radius 2 is 2.21 bits per heavy atom. The topological polar surface area (TPSA) is 92.9 Å². The maximum atomic E-state index is 12.3. The number of hydrogen-bond donors (Lipinski definition) is 2. The van der Waals surface area contributed by atoms with E-state index in [4.69, 9.17) is 10.5 Å². The van der Waals surface area contributed by atoms with Gasteiger partial charge in [-0.1, -0.05) is 0 Å². The van der Waals surface area contributed by atoms with E-state index in [0.717, 1.165) is 6.42 Å². The van der Waals surface area contributed by atoms with Gasteiger partial charge < -0.3 is 20.5 Å². The van der Waals surface area contributed by atoms with Crippen LogP contribution in [0.2, 0.25) is 0 Å². The van der Waals surface area contributed by atoms with Crippen molar-refractivity contribution < 1.29 is 19.4 Å². The smallest absolute Gasteiger partial charge is 0.328 e. The molecule has 1 aromatic rings. The molecular formula is C13H16N2O4. The Labute approximate surface area is 110 Å². The highest BCUT2D eigenvalue weighted by molar-refractivity contribution is 5.97. The third-order valence-electron chi connectivity index (χ3n) is 3.26. The number of phenols is 1. The SMILES string of the molecule is COC(=O)C1CCCN1C(=O)c1ccc(N)c(O)c1. The largest absolute Gasteiger partial charge is 0.506 e. The van der Waals surface area contributed by atoms with Crippen LogP contribution in [0.15, 0.2) is 18.2 Å². The molecule has 2 rings (SSSR count). The number of phenolic OH excluding ortho intramolecular Hbond substituents is 1. The number of likely N-dealkylation sites (tertiary alicyclic amines) is 1. The molecule has 0 aromatic heterocycles. The molecular weight excluding hydrogens is 248 g/mol. The van der Waals surface area contributed by atoms with Crippen molar-refractivity contribution in [3.05, 3.63) is 23.8 Å². The van der Waals surface area contributed by atoms with Crippen LogP contribution >= 0.6 is 0 Å². The number of carbonyl (C=O) groups excluding carboxylic acids is 2. The van der Waals surface area contributed by atoms with Crippen molar-refractivity contribution in [2.75, 3.05) is 19.4 Å². The quantitative estimate of drug-likeness (QED) is 0.467. The van der Waals surface area contributed by atoms with Gasteiger partial charge in [-0.25, -0.2) is 4.79 Å². The molecule has 1 aliphatic rings. The van der Waals surface area contributed by atoms with E-state index in [1.54, 1.807) is 0 Å². The summed E-state index contributed by atoms with van der Waals surface area (Å²) in [4.78, 5) is 25.4. The summed E-state index contributed by atoms with van der Waals surface area (Å²) in [6, 6.07) is 3.76. The van der Waals surface area contributed by atoms with Crippen molar-refractivity contribution in [1.29, 1.82) is 0 Å². The maximum absolute atomic E-state index is 12.3. The van der Waals surface area contributed by atoms with Gasteiger partial charge in [0.1, 0.15) is 11.8 Å². The Bertz CT molecular complexity index is 515. The van der Waals surface area contributed by atoms with Gasteiger partial charge in [-0.3, -0.25) is 4.79 Å². The van der Waals surface area contributed by atoms with Crippen molar-refractivity contribution in [1.82, 2.24) is 4.90 Å². The highest BCUT2D eigenvalue weighted by Gasteiger charge is 2.35. The van der Waals surface area contributed by atoms with E-state index in [-0.39, 0.29) is 17.3 Å². The monoisotopic (exact) mass is 264 g/mol. The first-order chi connectivity index (χ1) is 9.04. The third-order valence-corrected chi connectivity index (χ3v) is 3.26. The highest BCUT2D eigenvalue weighted by Crippen LogP contribution is 2.25. The summed E-state index contributed by atoms with van der Waals surface area (Å²) >= 11 is 0. The number of esters is 1. The van der Waals surface area contributed by atoms with Crippen LogP contribution in [0.25, 0.3) is 0 Å². The molecule has 6 nitrogen and oxygen atoms in total. The molecule has 1 fully saturated rings. The van der Waals surface area contributed by atoms with Crippen LogP contribution in [0.3, 0.4) is 0 Å². The predicted molar refractivity (Wildman–Crippen MR) is 68.6 cm³/mol. The number of nitrogens with two attached hydrogens (primary N) is 1. The zero-order valence-electron chi connectivity index (χ0n) is 10.6. The van der Waals surface area contributed by atoms with Gasteiger partial charge in [0.15, 0.2) is 0 Å². The molecule has 1 amide bonds. The molecule has 6 heteroatoms. The third kappa shape index (κ3) is 2.47. The molecule has 0 saturated carbocycles. The van der Waals surface area contributed by atoms with Crippen molar-refractivity contribution in [2.45, 2.75) is 18.9 Å². The summed E-state index contributed by atoms with van der Waals surface area (Å²) in [6.45, 7) is 0.504. The number of aromatic hydroxyl groups is 1. The molecule has 19 heavy (non-hydrogen) atoms. The van der Waals surface area contributed by atoms with Crippen LogP contribution in [-0.2, 0) is 9.53 Å². The summed E-state index contributed by atoms with van der Waals surface area (Å²) in [5.41, 5.74) is 6.01. The predicted octanol–water partition coefficient (Wildman–Crippen LogP) is 0.752. The van der Waals surface area contributed by atoms with Crippen molar-refractivity contribution in [3.8, 4) is 5.75 Å². The van der Waals surface area contributed by atoms with Gasteiger partial charge in [-0.05, 0) is 31.0 Å². The zero-order valence-corrected chi connectivity index (χ0v) is 10.6. The second kappa shape index (κ2) is 5.17. The second-order valence-corrected chi connectivity index (χ2v) is 4.45. The van der Waals surface area contributed by atoms with E-state index in [2.05, 4.69) is 0 Å². The van der Waals surface area contributed by atoms with Crippen LogP contribution in [0.4, 0.5) is 5.69 Å². The lowest BCUT2D eigenvalue weighted by Crippen LogP contribution is -2.41. The van der Waals surface area contributed by atoms with Crippen molar-refractivity contribution >= 4 is 17.6 Å². The van der Waals surface area contributed by atoms with Crippen LogP contribution in [0, 0.1) is 0 Å². The van der Waals surface area contributed by atoms with Crippen LogP contribution in [0.1, 0.15) is 23.2 Å². The Kier molecular flexibility index (Phi) is 3.59. The molecule has 1 aliphatic heterocycles. The zero-order chi connectivity index (χ0) is 14.0. The van der Waals surface area contributed by atoms with Crippen LogP contribution < -0.4 is 5.73 Å². The lowest BCUT2D eigenvalue weighted by molar-refractivity contribution is -0.145. The first-order valence-corrected chi connectivity index (χ1v) is 6.02. The number of ether oxygens (including phenoxy) is 1. The lowest BCUT2D eigenvalue weighted by Gasteiger charge is -2.22. The Balaban J connectivity index is 2.23. The number of methoxy groups -OCH3 is 1. The summed E-state index contributed by atoms with van der Waals surface area (Å²) in [5, 5.41) is 9.53. The van der Waals surface area contributed by atoms with Gasteiger partial charge in [-0.2, -0.15) is 0 Å². The van der Waals surface area contributed by atoms with E-state index in [9.17, 15) is 14.7 Å². The summed E-state index contributed by atoms with van der Waals surface area (Å²) < 4.78 is 4.69. The van der Waals surface area contributed by atoms with Crippen LogP contribution in [-0.4, -0.2) is 41.6 Å². The Morgan fingerprint density at radius 3 is 2.84 bits per heavy atom. The van der Waals surface area contributed by atoms with Gasteiger partial charge in [-0.15, -0.1) is 0 Å². The number of hydrogen-bond acceptors (Lipinski definition) is 5. The fourth-order valence-electron chi connectivity index (χ4n) is 2.23. The molecule has 1 unspecified atom stereocenters. The van der Waals surface area contributed by atoms with E-state index >= 15 is 0 Å². The van der Waals surface area contributed by atoms with Gasteiger partial charge in [0.25, 0.3) is 5.91 Å². The molecule has 0 radical (unpaired) electrons. The normalized spacial score (nSPS) is 18.4. The Hall–Kier alpha value is -2.24. The fourth-order valence-corrected chi connectivity index (χ4v) is 2.23. The van der Waals surface area contributed by atoms with E-state index in [1.165, 1.54) is 30.2 Å². The minimum absolute atomic E-state index is 0.139. The number of rotatable bonds is 2. The Morgan fingerprint density at radius 1 is 1.47 bits per heavy atom. The van der Waals surface area contributed by atoms with E-state index in [1.807, 2.05) is 0 Å². The van der Waals surface area contributed by atoms with Gasteiger partial charge in [0.05, 0.1) is 12.8 Å².